The Kier molecular flexibility index (Phi) is 7.07. The highest BCUT2D eigenvalue weighted by Gasteiger charge is 2.44. The summed E-state index contributed by atoms with van der Waals surface area (Å²) in [7, 11) is 0. The third kappa shape index (κ3) is 4.65. The van der Waals surface area contributed by atoms with Crippen LogP contribution in [0.2, 0.25) is 0 Å². The summed E-state index contributed by atoms with van der Waals surface area (Å²) in [5, 5.41) is 58.8. The molecule has 0 fully saturated rings. The van der Waals surface area contributed by atoms with E-state index in [-0.39, 0.29) is 5.69 Å². The van der Waals surface area contributed by atoms with Crippen molar-refractivity contribution in [1.29, 1.82) is 0 Å². The van der Waals surface area contributed by atoms with E-state index in [1.165, 1.54) is 23.9 Å². The molecule has 1 aromatic rings. The molecule has 0 aromatic carbocycles. The van der Waals surface area contributed by atoms with Gasteiger partial charge < -0.3 is 35.6 Å². The number of hydrogen-bond acceptors (Lipinski definition) is 9. The van der Waals surface area contributed by atoms with Gasteiger partial charge in [0.05, 0.1) is 31.0 Å². The third-order valence-corrected chi connectivity index (χ3v) is 4.37. The van der Waals surface area contributed by atoms with E-state index in [1.807, 2.05) is 0 Å². The van der Waals surface area contributed by atoms with Crippen molar-refractivity contribution in [2.45, 2.75) is 56.8 Å². The van der Waals surface area contributed by atoms with Crippen LogP contribution < -0.4 is 5.32 Å². The molecule has 12 heteroatoms. The molecule has 1 aromatic heterocycles. The molecule has 1 unspecified atom stereocenters. The second kappa shape index (κ2) is 9.10. The Bertz CT molecular complexity index is 736. The summed E-state index contributed by atoms with van der Waals surface area (Å²) >= 11 is 0. The third-order valence-electron chi connectivity index (χ3n) is 4.37. The Hall–Kier alpha value is -2.54. The maximum absolute atomic E-state index is 11.7. The van der Waals surface area contributed by atoms with Crippen LogP contribution in [0.4, 0.5) is 0 Å². The van der Waals surface area contributed by atoms with Gasteiger partial charge in [-0.25, -0.2) is 9.48 Å². The molecule has 2 rings (SSSR count). The van der Waals surface area contributed by atoms with Gasteiger partial charge >= 0.3 is 5.97 Å². The van der Waals surface area contributed by atoms with Crippen molar-refractivity contribution >= 4 is 11.9 Å². The van der Waals surface area contributed by atoms with Crippen LogP contribution in [0, 0.1) is 0 Å². The van der Waals surface area contributed by atoms with E-state index in [2.05, 4.69) is 15.6 Å². The number of nitrogens with one attached hydrogen (secondary N) is 1. The van der Waals surface area contributed by atoms with Gasteiger partial charge in [0.2, 0.25) is 11.7 Å². The van der Waals surface area contributed by atoms with E-state index < -0.39 is 60.7 Å². The van der Waals surface area contributed by atoms with Crippen LogP contribution in [0.1, 0.15) is 38.1 Å². The highest BCUT2D eigenvalue weighted by Crippen LogP contribution is 2.30. The fourth-order valence-electron chi connectivity index (χ4n) is 2.88. The van der Waals surface area contributed by atoms with Gasteiger partial charge in [-0.15, -0.1) is 5.10 Å². The fraction of sp³-hybridized carbons (Fsp3) is 0.625. The molecular weight excluding hydrogens is 376 g/mol. The first-order valence-electron chi connectivity index (χ1n) is 8.65. The molecule has 0 radical (unpaired) electrons. The lowest BCUT2D eigenvalue weighted by molar-refractivity contribution is -0.147. The molecule has 28 heavy (non-hydrogen) atoms. The molecular formula is C16H24N4O8. The van der Waals surface area contributed by atoms with Gasteiger partial charge in [-0.1, -0.05) is 12.1 Å². The second-order valence-corrected chi connectivity index (χ2v) is 6.42. The maximum atomic E-state index is 11.7. The summed E-state index contributed by atoms with van der Waals surface area (Å²) in [5.41, 5.74) is 0.244. The minimum atomic E-state index is -1.71. The Morgan fingerprint density at radius 2 is 2.04 bits per heavy atom. The van der Waals surface area contributed by atoms with Gasteiger partial charge in [0.1, 0.15) is 24.0 Å². The normalized spacial score (nSPS) is 25.2. The Morgan fingerprint density at radius 3 is 2.57 bits per heavy atom. The minimum absolute atomic E-state index is 0.244. The zero-order valence-electron chi connectivity index (χ0n) is 15.3. The summed E-state index contributed by atoms with van der Waals surface area (Å²) in [4.78, 5) is 23.2. The fourth-order valence-corrected chi connectivity index (χ4v) is 2.88. The minimum Gasteiger partial charge on any atom is -0.478 e. The number of ether oxygens (including phenoxy) is 1. The topological polar surface area (TPSA) is 187 Å². The van der Waals surface area contributed by atoms with Gasteiger partial charge in [-0.3, -0.25) is 4.79 Å². The van der Waals surface area contributed by atoms with Crippen molar-refractivity contribution in [1.82, 2.24) is 20.3 Å². The van der Waals surface area contributed by atoms with Gasteiger partial charge in [-0.2, -0.15) is 0 Å². The number of rotatable bonds is 8. The van der Waals surface area contributed by atoms with E-state index in [0.29, 0.717) is 6.42 Å². The van der Waals surface area contributed by atoms with Crippen LogP contribution in [0.5, 0.6) is 0 Å². The Labute approximate surface area is 160 Å². The summed E-state index contributed by atoms with van der Waals surface area (Å²) < 4.78 is 6.52. The smallest absolute Gasteiger partial charge is 0.370 e. The number of carboxylic acid groups (broad SMARTS) is 1. The SMILES string of the molecule is CCC(O)c1cn([C@H]2C=C(C(=O)O)O[C@@H]([C@H](O)[C@H](O)CO)[C@@H]2NC(C)=O)nn1. The number of aromatic nitrogens is 3. The van der Waals surface area contributed by atoms with E-state index in [4.69, 9.17) is 9.84 Å². The lowest BCUT2D eigenvalue weighted by Crippen LogP contribution is -2.58. The van der Waals surface area contributed by atoms with Crippen molar-refractivity contribution in [3.63, 3.8) is 0 Å². The van der Waals surface area contributed by atoms with Crippen LogP contribution in [0.3, 0.4) is 0 Å². The average molecular weight is 400 g/mol. The average Bonchev–Trinajstić information content (AvgIpc) is 3.15. The summed E-state index contributed by atoms with van der Waals surface area (Å²) in [5.74, 6) is -2.47. The molecule has 1 aliphatic heterocycles. The monoisotopic (exact) mass is 400 g/mol. The lowest BCUT2D eigenvalue weighted by Gasteiger charge is -2.39. The molecule has 156 valence electrons. The molecule has 12 nitrogen and oxygen atoms in total. The van der Waals surface area contributed by atoms with E-state index >= 15 is 0 Å². The van der Waals surface area contributed by atoms with Gasteiger partial charge in [0, 0.05) is 6.92 Å². The molecule has 1 amide bonds. The lowest BCUT2D eigenvalue weighted by atomic mass is 9.92. The predicted molar refractivity (Wildman–Crippen MR) is 91.6 cm³/mol. The van der Waals surface area contributed by atoms with Crippen LogP contribution >= 0.6 is 0 Å². The van der Waals surface area contributed by atoms with Crippen LogP contribution in [0.25, 0.3) is 0 Å². The molecule has 6 atom stereocenters. The van der Waals surface area contributed by atoms with Crippen molar-refractivity contribution in [3.8, 4) is 0 Å². The first-order valence-corrected chi connectivity index (χ1v) is 8.65. The molecule has 2 heterocycles. The Morgan fingerprint density at radius 1 is 1.36 bits per heavy atom. The zero-order chi connectivity index (χ0) is 21.0. The van der Waals surface area contributed by atoms with E-state index in [9.17, 15) is 30.0 Å². The van der Waals surface area contributed by atoms with E-state index in [1.54, 1.807) is 6.92 Å². The molecule has 6 N–H and O–H groups in total. The first-order chi connectivity index (χ1) is 13.2. The molecule has 0 bridgehead atoms. The largest absolute Gasteiger partial charge is 0.478 e. The number of aliphatic carboxylic acids is 1. The molecule has 1 aliphatic rings. The quantitative estimate of drug-likeness (QED) is 0.281. The molecule has 0 saturated carbocycles. The number of carbonyl (C=O) groups excluding carboxylic acids is 1. The highest BCUT2D eigenvalue weighted by molar-refractivity contribution is 5.84. The molecule has 0 saturated heterocycles. The number of amides is 1. The predicted octanol–water partition coefficient (Wildman–Crippen LogP) is -2.15. The maximum Gasteiger partial charge on any atom is 0.370 e. The Balaban J connectivity index is 2.50. The van der Waals surface area contributed by atoms with Crippen molar-refractivity contribution in [3.05, 3.63) is 23.7 Å². The van der Waals surface area contributed by atoms with Gasteiger partial charge in [0.25, 0.3) is 0 Å². The summed E-state index contributed by atoms with van der Waals surface area (Å²) in [6.45, 7) is 2.15. The summed E-state index contributed by atoms with van der Waals surface area (Å²) in [6, 6.07) is -2.01. The number of aliphatic hydroxyl groups is 4. The highest BCUT2D eigenvalue weighted by atomic mass is 16.5. The zero-order valence-corrected chi connectivity index (χ0v) is 15.3. The van der Waals surface area contributed by atoms with E-state index in [0.717, 1.165) is 0 Å². The van der Waals surface area contributed by atoms with Crippen molar-refractivity contribution in [2.75, 3.05) is 6.61 Å². The number of aliphatic hydroxyl groups excluding tert-OH is 4. The molecule has 0 spiro atoms. The van der Waals surface area contributed by atoms with Gasteiger partial charge in [0.15, 0.2) is 0 Å². The second-order valence-electron chi connectivity index (χ2n) is 6.42. The number of carbonyl (C=O) groups is 2. The van der Waals surface area contributed by atoms with Crippen LogP contribution in [0.15, 0.2) is 18.0 Å². The number of hydrogen-bond donors (Lipinski definition) is 6. The number of carboxylic acids is 1. The standard InChI is InChI=1S/C16H24N4O8/c1-3-10(23)8-5-20(19-18-8)9-4-12(16(26)27)28-15(13(9)17-7(2)22)14(25)11(24)6-21/h4-5,9-11,13-15,21,23-25H,3,6H2,1-2H3,(H,17,22)(H,26,27)/t9-,10?,11+,13+,14+,15+/m0/s1. The number of nitrogens with zero attached hydrogens (tertiary/aromatic N) is 3. The first kappa shape index (κ1) is 21.8. The van der Waals surface area contributed by atoms with Gasteiger partial charge in [-0.05, 0) is 12.5 Å². The van der Waals surface area contributed by atoms with Crippen molar-refractivity contribution in [2.24, 2.45) is 0 Å². The van der Waals surface area contributed by atoms with Crippen LogP contribution in [-0.4, -0.2) is 83.4 Å². The van der Waals surface area contributed by atoms with Crippen LogP contribution in [-0.2, 0) is 14.3 Å². The molecule has 0 aliphatic carbocycles. The summed E-state index contributed by atoms with van der Waals surface area (Å²) in [6.07, 6.45) is -2.69. The van der Waals surface area contributed by atoms with Crippen molar-refractivity contribution < 1.29 is 39.9 Å².